The molecule has 1 aromatic carbocycles. The maximum Gasteiger partial charge on any atom is 0.263 e. The predicted molar refractivity (Wildman–Crippen MR) is 109 cm³/mol. The molecule has 7 heteroatoms. The lowest BCUT2D eigenvalue weighted by molar-refractivity contribution is 0.0961. The second-order valence-corrected chi connectivity index (χ2v) is 7.65. The molecule has 1 aliphatic carbocycles. The molecule has 2 aliphatic rings. The number of aliphatic hydroxyl groups is 1. The van der Waals surface area contributed by atoms with E-state index in [-0.39, 0.29) is 36.3 Å². The zero-order valence-electron chi connectivity index (χ0n) is 16.2. The fraction of sp³-hybridized carbons (Fsp3) is 0.364. The normalized spacial score (nSPS) is 19.1. The molecular formula is C22H23N3O4. The van der Waals surface area contributed by atoms with E-state index in [1.807, 2.05) is 24.4 Å². The zero-order chi connectivity index (χ0) is 20.5. The molecule has 0 spiro atoms. The molecular weight excluding hydrogens is 370 g/mol. The molecule has 1 aromatic heterocycles. The molecule has 1 fully saturated rings. The number of hydrogen-bond acceptors (Lipinski definition) is 5. The van der Waals surface area contributed by atoms with Gasteiger partial charge >= 0.3 is 0 Å². The minimum atomic E-state index is -0.514. The number of carbonyl (C=O) groups excluding carboxylic acids is 2. The first kappa shape index (κ1) is 19.3. The number of aliphatic imine (C=N–C) groups is 1. The number of ketones is 1. The maximum absolute atomic E-state index is 12.9. The van der Waals surface area contributed by atoms with Crippen LogP contribution >= 0.6 is 0 Å². The number of pyridine rings is 1. The Morgan fingerprint density at radius 3 is 2.86 bits per heavy atom. The predicted octanol–water partition coefficient (Wildman–Crippen LogP) is 1.72. The second-order valence-electron chi connectivity index (χ2n) is 7.65. The van der Waals surface area contributed by atoms with Crippen molar-refractivity contribution in [1.29, 1.82) is 0 Å². The van der Waals surface area contributed by atoms with Crippen LogP contribution in [-0.2, 0) is 13.0 Å². The van der Waals surface area contributed by atoms with Crippen molar-refractivity contribution >= 4 is 23.6 Å². The number of benzene rings is 1. The number of nitrogens with zero attached hydrogens (tertiary/aromatic N) is 2. The summed E-state index contributed by atoms with van der Waals surface area (Å²) >= 11 is 0. The molecule has 4 rings (SSSR count). The van der Waals surface area contributed by atoms with E-state index in [0.29, 0.717) is 18.4 Å². The Bertz CT molecular complexity index is 1070. The van der Waals surface area contributed by atoms with Gasteiger partial charge in [-0.25, -0.2) is 0 Å². The molecule has 0 radical (unpaired) electrons. The highest BCUT2D eigenvalue weighted by Crippen LogP contribution is 2.41. The molecule has 2 atom stereocenters. The van der Waals surface area contributed by atoms with Crippen LogP contribution in [0.1, 0.15) is 44.7 Å². The Labute approximate surface area is 168 Å². The van der Waals surface area contributed by atoms with Gasteiger partial charge in [0.05, 0.1) is 12.2 Å². The van der Waals surface area contributed by atoms with Crippen molar-refractivity contribution in [2.75, 3.05) is 13.7 Å². The van der Waals surface area contributed by atoms with Crippen molar-refractivity contribution in [3.8, 4) is 0 Å². The summed E-state index contributed by atoms with van der Waals surface area (Å²) in [7, 11) is 1.46. The molecule has 7 nitrogen and oxygen atoms in total. The van der Waals surface area contributed by atoms with Gasteiger partial charge < -0.3 is 15.0 Å². The van der Waals surface area contributed by atoms with Crippen LogP contribution in [0.3, 0.4) is 0 Å². The molecule has 0 unspecified atom stereocenters. The van der Waals surface area contributed by atoms with E-state index in [1.165, 1.54) is 17.7 Å². The van der Waals surface area contributed by atoms with E-state index >= 15 is 0 Å². The standard InChI is InChI=1S/C22H23N3O4/c1-23-21(28)18-8-15(20(27)9-14-7-16(14)12-26)11-25(22(18)29)10-13-3-2-4-19-17(13)5-6-24-19/h2-4,6,8,11,14,16,26H,5,7,9-10,12H2,1H3,(H,23,28)/t14-,16-/m1/s1. The Hall–Kier alpha value is -3.06. The van der Waals surface area contributed by atoms with Crippen molar-refractivity contribution in [2.45, 2.75) is 25.8 Å². The van der Waals surface area contributed by atoms with Crippen LogP contribution in [0.4, 0.5) is 5.69 Å². The van der Waals surface area contributed by atoms with Crippen LogP contribution < -0.4 is 10.9 Å². The number of amides is 1. The van der Waals surface area contributed by atoms with Crippen molar-refractivity contribution in [3.63, 3.8) is 0 Å². The molecule has 2 N–H and O–H groups in total. The van der Waals surface area contributed by atoms with Gasteiger partial charge in [0.1, 0.15) is 5.56 Å². The Balaban J connectivity index is 1.69. The van der Waals surface area contributed by atoms with Gasteiger partial charge in [0.25, 0.3) is 11.5 Å². The highest BCUT2D eigenvalue weighted by Gasteiger charge is 2.38. The van der Waals surface area contributed by atoms with E-state index in [0.717, 1.165) is 23.2 Å². The lowest BCUT2D eigenvalue weighted by Crippen LogP contribution is -2.32. The molecule has 1 saturated carbocycles. The summed E-state index contributed by atoms with van der Waals surface area (Å²) in [5, 5.41) is 11.7. The number of aromatic nitrogens is 1. The summed E-state index contributed by atoms with van der Waals surface area (Å²) in [6.07, 6.45) is 5.22. The first-order valence-electron chi connectivity index (χ1n) is 9.75. The summed E-state index contributed by atoms with van der Waals surface area (Å²) < 4.78 is 1.43. The third-order valence-corrected chi connectivity index (χ3v) is 5.75. The SMILES string of the molecule is CNC(=O)c1cc(C(=O)C[C@H]2C[C@@H]2CO)cn(Cc2cccc3c2CC=N3)c1=O. The number of Topliss-reactive ketones (excluding diaryl/α,β-unsaturated/α-hetero) is 1. The molecule has 2 aromatic rings. The average Bonchev–Trinajstić information content (AvgIpc) is 3.29. The topological polar surface area (TPSA) is 101 Å². The van der Waals surface area contributed by atoms with Gasteiger partial charge in [0.2, 0.25) is 0 Å². The van der Waals surface area contributed by atoms with E-state index < -0.39 is 11.5 Å². The monoisotopic (exact) mass is 393 g/mol. The average molecular weight is 393 g/mol. The van der Waals surface area contributed by atoms with Crippen molar-refractivity contribution in [2.24, 2.45) is 16.8 Å². The van der Waals surface area contributed by atoms with E-state index in [9.17, 15) is 19.5 Å². The van der Waals surface area contributed by atoms with Gasteiger partial charge in [-0.2, -0.15) is 0 Å². The van der Waals surface area contributed by atoms with Crippen LogP contribution in [0.15, 0.2) is 40.2 Å². The quantitative estimate of drug-likeness (QED) is 0.700. The second kappa shape index (κ2) is 7.75. The first-order valence-corrected chi connectivity index (χ1v) is 9.75. The van der Waals surface area contributed by atoms with Crippen LogP contribution in [0, 0.1) is 11.8 Å². The van der Waals surface area contributed by atoms with E-state index in [1.54, 1.807) is 6.20 Å². The summed E-state index contributed by atoms with van der Waals surface area (Å²) in [4.78, 5) is 42.3. The van der Waals surface area contributed by atoms with E-state index in [2.05, 4.69) is 10.3 Å². The molecule has 0 bridgehead atoms. The summed E-state index contributed by atoms with van der Waals surface area (Å²) in [6.45, 7) is 0.349. The minimum Gasteiger partial charge on any atom is -0.396 e. The van der Waals surface area contributed by atoms with Gasteiger partial charge in [-0.1, -0.05) is 12.1 Å². The number of carbonyl (C=O) groups is 2. The first-order chi connectivity index (χ1) is 14.0. The molecule has 0 saturated heterocycles. The smallest absolute Gasteiger partial charge is 0.263 e. The van der Waals surface area contributed by atoms with Gasteiger partial charge in [-0.3, -0.25) is 19.4 Å². The van der Waals surface area contributed by atoms with Crippen molar-refractivity contribution in [1.82, 2.24) is 9.88 Å². The van der Waals surface area contributed by atoms with Gasteiger partial charge in [-0.15, -0.1) is 0 Å². The zero-order valence-corrected chi connectivity index (χ0v) is 16.2. The number of hydrogen-bond donors (Lipinski definition) is 2. The van der Waals surface area contributed by atoms with Gasteiger partial charge in [0.15, 0.2) is 5.78 Å². The molecule has 2 heterocycles. The number of fused-ring (bicyclic) bond motifs is 1. The van der Waals surface area contributed by atoms with Gasteiger partial charge in [0, 0.05) is 44.5 Å². The maximum atomic E-state index is 12.9. The van der Waals surface area contributed by atoms with E-state index in [4.69, 9.17) is 0 Å². The highest BCUT2D eigenvalue weighted by molar-refractivity contribution is 6.00. The van der Waals surface area contributed by atoms with Gasteiger partial charge in [-0.05, 0) is 41.5 Å². The fourth-order valence-corrected chi connectivity index (χ4v) is 3.89. The highest BCUT2D eigenvalue weighted by atomic mass is 16.3. The summed E-state index contributed by atoms with van der Waals surface area (Å²) in [5.41, 5.74) is 2.75. The molecule has 1 aliphatic heterocycles. The number of nitrogens with one attached hydrogen (secondary N) is 1. The van der Waals surface area contributed by atoms with Crippen LogP contribution in [0.2, 0.25) is 0 Å². The third-order valence-electron chi connectivity index (χ3n) is 5.75. The van der Waals surface area contributed by atoms with Crippen LogP contribution in [-0.4, -0.2) is 41.2 Å². The largest absolute Gasteiger partial charge is 0.396 e. The molecule has 150 valence electrons. The van der Waals surface area contributed by atoms with Crippen LogP contribution in [0.25, 0.3) is 0 Å². The lowest BCUT2D eigenvalue weighted by Gasteiger charge is -2.13. The Kier molecular flexibility index (Phi) is 5.15. The van der Waals surface area contributed by atoms with Crippen molar-refractivity contribution in [3.05, 3.63) is 63.1 Å². The minimum absolute atomic E-state index is 0.0447. The Morgan fingerprint density at radius 1 is 1.31 bits per heavy atom. The fourth-order valence-electron chi connectivity index (χ4n) is 3.89. The lowest BCUT2D eigenvalue weighted by atomic mass is 10.0. The molecule has 29 heavy (non-hydrogen) atoms. The van der Waals surface area contributed by atoms with Crippen LogP contribution in [0.5, 0.6) is 0 Å². The number of rotatable bonds is 7. The Morgan fingerprint density at radius 2 is 2.14 bits per heavy atom. The van der Waals surface area contributed by atoms with Crippen molar-refractivity contribution < 1.29 is 14.7 Å². The third kappa shape index (κ3) is 3.78. The molecule has 1 amide bonds. The number of aliphatic hydroxyl groups excluding tert-OH is 1. The summed E-state index contributed by atoms with van der Waals surface area (Å²) in [5.74, 6) is -0.285. The summed E-state index contributed by atoms with van der Waals surface area (Å²) in [6, 6.07) is 7.13.